The minimum Gasteiger partial charge on any atom is -0.488 e. The molecule has 0 saturated heterocycles. The third kappa shape index (κ3) is 7.71. The number of carbonyl (C=O) groups is 2. The Morgan fingerprint density at radius 2 is 1.66 bits per heavy atom. The normalized spacial score (nSPS) is 15.1. The molecule has 3 aromatic rings. The maximum atomic E-state index is 13.2. The molecule has 38 heavy (non-hydrogen) atoms. The fourth-order valence-corrected chi connectivity index (χ4v) is 4.82. The van der Waals surface area contributed by atoms with Gasteiger partial charge in [0.2, 0.25) is 5.91 Å². The van der Waals surface area contributed by atoms with Crippen LogP contribution in [-0.2, 0) is 17.8 Å². The monoisotopic (exact) mass is 517 g/mol. The number of amides is 2. The van der Waals surface area contributed by atoms with Crippen molar-refractivity contribution >= 4 is 17.5 Å². The average molecular weight is 518 g/mol. The van der Waals surface area contributed by atoms with Crippen molar-refractivity contribution < 1.29 is 18.7 Å². The van der Waals surface area contributed by atoms with E-state index in [0.29, 0.717) is 24.4 Å². The van der Waals surface area contributed by atoms with Gasteiger partial charge < -0.3 is 25.1 Å². The van der Waals surface area contributed by atoms with E-state index in [1.807, 2.05) is 74.2 Å². The maximum absolute atomic E-state index is 13.2. The smallest absolute Gasteiger partial charge is 0.290 e. The lowest BCUT2D eigenvalue weighted by atomic mass is 9.93. The summed E-state index contributed by atoms with van der Waals surface area (Å²) in [6, 6.07) is 18.2. The van der Waals surface area contributed by atoms with E-state index >= 15 is 0 Å². The van der Waals surface area contributed by atoms with Gasteiger partial charge in [-0.1, -0.05) is 43.5 Å². The van der Waals surface area contributed by atoms with Gasteiger partial charge in [-0.3, -0.25) is 9.59 Å². The molecule has 7 nitrogen and oxygen atoms in total. The summed E-state index contributed by atoms with van der Waals surface area (Å²) in [5.41, 5.74) is 8.56. The highest BCUT2D eigenvalue weighted by molar-refractivity contribution is 5.95. The fourth-order valence-electron chi connectivity index (χ4n) is 4.82. The van der Waals surface area contributed by atoms with E-state index in [-0.39, 0.29) is 23.5 Å². The number of rotatable bonds is 9. The number of hydrogen-bond donors (Lipinski definition) is 2. The average Bonchev–Trinajstić information content (AvgIpc) is 3.44. The van der Waals surface area contributed by atoms with Crippen LogP contribution in [0.15, 0.2) is 71.3 Å². The summed E-state index contributed by atoms with van der Waals surface area (Å²) in [6.45, 7) is 6.50. The van der Waals surface area contributed by atoms with Gasteiger partial charge in [0.05, 0.1) is 12.3 Å². The molecule has 4 rings (SSSR count). The third-order valence-electron chi connectivity index (χ3n) is 6.72. The molecule has 1 fully saturated rings. The quantitative estimate of drug-likeness (QED) is 0.366. The predicted molar refractivity (Wildman–Crippen MR) is 149 cm³/mol. The van der Waals surface area contributed by atoms with Gasteiger partial charge in [-0.15, -0.1) is 0 Å². The van der Waals surface area contributed by atoms with Gasteiger partial charge in [-0.05, 0) is 87.6 Å². The molecule has 0 unspecified atom stereocenters. The Morgan fingerprint density at radius 1 is 1.00 bits per heavy atom. The van der Waals surface area contributed by atoms with Crippen LogP contribution in [0, 0.1) is 0 Å². The number of anilines is 1. The van der Waals surface area contributed by atoms with Crippen LogP contribution in [-0.4, -0.2) is 34.4 Å². The molecule has 0 bridgehead atoms. The zero-order valence-electron chi connectivity index (χ0n) is 22.6. The van der Waals surface area contributed by atoms with Crippen molar-refractivity contribution in [2.75, 3.05) is 5.32 Å². The first kappa shape index (κ1) is 27.5. The van der Waals surface area contributed by atoms with Crippen molar-refractivity contribution in [2.45, 2.75) is 83.5 Å². The Morgan fingerprint density at radius 3 is 2.26 bits per heavy atom. The lowest BCUT2D eigenvalue weighted by Gasteiger charge is -2.34. The van der Waals surface area contributed by atoms with E-state index in [4.69, 9.17) is 14.9 Å². The number of benzene rings is 2. The first-order chi connectivity index (χ1) is 18.2. The highest BCUT2D eigenvalue weighted by Crippen LogP contribution is 2.26. The van der Waals surface area contributed by atoms with Crippen molar-refractivity contribution in [3.05, 3.63) is 83.8 Å². The molecule has 1 heterocycles. The van der Waals surface area contributed by atoms with Gasteiger partial charge in [0.25, 0.3) is 5.91 Å². The van der Waals surface area contributed by atoms with Crippen LogP contribution in [0.5, 0.6) is 5.75 Å². The van der Waals surface area contributed by atoms with E-state index in [9.17, 15) is 9.59 Å². The Balaban J connectivity index is 1.34. The van der Waals surface area contributed by atoms with Crippen molar-refractivity contribution in [3.8, 4) is 5.75 Å². The lowest BCUT2D eigenvalue weighted by Crippen LogP contribution is -2.40. The summed E-state index contributed by atoms with van der Waals surface area (Å²) in [7, 11) is 0. The van der Waals surface area contributed by atoms with Gasteiger partial charge in [0, 0.05) is 18.3 Å². The van der Waals surface area contributed by atoms with Gasteiger partial charge in [-0.2, -0.15) is 0 Å². The first-order valence-electron chi connectivity index (χ1n) is 13.5. The van der Waals surface area contributed by atoms with Crippen molar-refractivity contribution in [3.63, 3.8) is 0 Å². The number of ether oxygens (including phenoxy) is 1. The predicted octanol–water partition coefficient (Wildman–Crippen LogP) is 5.94. The van der Waals surface area contributed by atoms with Gasteiger partial charge >= 0.3 is 0 Å². The fraction of sp³-hybridized carbons (Fsp3) is 0.419. The van der Waals surface area contributed by atoms with E-state index in [2.05, 4.69) is 5.32 Å². The molecule has 0 spiro atoms. The summed E-state index contributed by atoms with van der Waals surface area (Å²) in [4.78, 5) is 27.8. The Hall–Kier alpha value is -3.58. The van der Waals surface area contributed by atoms with Crippen LogP contribution in [0.4, 0.5) is 5.69 Å². The summed E-state index contributed by atoms with van der Waals surface area (Å²) in [5, 5.41) is 2.91. The summed E-state index contributed by atoms with van der Waals surface area (Å²) < 4.78 is 11.3. The largest absolute Gasteiger partial charge is 0.488 e. The molecule has 7 heteroatoms. The SMILES string of the molecule is CC(C)(C)Oc1ccc(C[C@H](N)C(=O)Nc2ccc(CN(C(=O)c3ccco3)C3CCCCC3)cc2)cc1. The highest BCUT2D eigenvalue weighted by Gasteiger charge is 2.28. The van der Waals surface area contributed by atoms with Crippen LogP contribution in [0.2, 0.25) is 0 Å². The Kier molecular flexibility index (Phi) is 8.89. The van der Waals surface area contributed by atoms with Gasteiger partial charge in [0.15, 0.2) is 5.76 Å². The number of carbonyl (C=O) groups excluding carboxylic acids is 2. The minimum absolute atomic E-state index is 0.0803. The van der Waals surface area contributed by atoms with Crippen LogP contribution in [0.25, 0.3) is 0 Å². The second kappa shape index (κ2) is 12.3. The van der Waals surface area contributed by atoms with E-state index in [1.54, 1.807) is 12.1 Å². The van der Waals surface area contributed by atoms with Crippen molar-refractivity contribution in [1.82, 2.24) is 4.90 Å². The number of nitrogens with zero attached hydrogens (tertiary/aromatic N) is 1. The van der Waals surface area contributed by atoms with Crippen molar-refractivity contribution in [2.24, 2.45) is 5.73 Å². The van der Waals surface area contributed by atoms with Gasteiger partial charge in [-0.25, -0.2) is 0 Å². The molecular formula is C31H39N3O4. The molecule has 1 aliphatic carbocycles. The third-order valence-corrected chi connectivity index (χ3v) is 6.72. The van der Waals surface area contributed by atoms with Crippen LogP contribution in [0.3, 0.4) is 0 Å². The zero-order valence-corrected chi connectivity index (χ0v) is 22.6. The molecule has 1 aliphatic rings. The van der Waals surface area contributed by atoms with Crippen LogP contribution < -0.4 is 15.8 Å². The molecule has 1 saturated carbocycles. The molecule has 3 N–H and O–H groups in total. The van der Waals surface area contributed by atoms with Crippen LogP contribution in [0.1, 0.15) is 74.6 Å². The van der Waals surface area contributed by atoms with E-state index in [0.717, 1.165) is 42.6 Å². The first-order valence-corrected chi connectivity index (χ1v) is 13.5. The second-order valence-electron chi connectivity index (χ2n) is 11.1. The Bertz CT molecular complexity index is 1180. The number of furan rings is 1. The Labute approximate surface area is 225 Å². The summed E-state index contributed by atoms with van der Waals surface area (Å²) in [6.07, 6.45) is 7.44. The molecule has 202 valence electrons. The van der Waals surface area contributed by atoms with Gasteiger partial charge in [0.1, 0.15) is 11.4 Å². The molecule has 0 aliphatic heterocycles. The molecule has 1 atom stereocenters. The van der Waals surface area contributed by atoms with E-state index in [1.165, 1.54) is 12.7 Å². The topological polar surface area (TPSA) is 97.8 Å². The molecule has 2 amide bonds. The standard InChI is InChI=1S/C31H39N3O4/c1-31(2,3)38-26-17-13-22(14-18-26)20-27(32)29(35)33-24-15-11-23(12-16-24)21-34(25-8-5-4-6-9-25)30(36)28-10-7-19-37-28/h7,10-19,25,27H,4-6,8-9,20-21,32H2,1-3H3,(H,33,35)/t27-/m0/s1. The maximum Gasteiger partial charge on any atom is 0.290 e. The minimum atomic E-state index is -0.684. The summed E-state index contributed by atoms with van der Waals surface area (Å²) >= 11 is 0. The lowest BCUT2D eigenvalue weighted by molar-refractivity contribution is -0.117. The number of nitrogens with two attached hydrogens (primary N) is 1. The zero-order chi connectivity index (χ0) is 27.1. The summed E-state index contributed by atoms with van der Waals surface area (Å²) in [5.74, 6) is 0.824. The number of nitrogens with one attached hydrogen (secondary N) is 1. The second-order valence-corrected chi connectivity index (χ2v) is 11.1. The molecule has 2 aromatic carbocycles. The molecular weight excluding hydrogens is 478 g/mol. The van der Waals surface area contributed by atoms with Crippen LogP contribution >= 0.6 is 0 Å². The van der Waals surface area contributed by atoms with Crippen molar-refractivity contribution in [1.29, 1.82) is 0 Å². The molecule has 1 aromatic heterocycles. The highest BCUT2D eigenvalue weighted by atomic mass is 16.5. The van der Waals surface area contributed by atoms with E-state index < -0.39 is 6.04 Å². The number of hydrogen-bond acceptors (Lipinski definition) is 5. The molecule has 0 radical (unpaired) electrons.